The van der Waals surface area contributed by atoms with Crippen LogP contribution in [0.1, 0.15) is 21.6 Å². The highest BCUT2D eigenvalue weighted by Gasteiger charge is 2.16. The summed E-state index contributed by atoms with van der Waals surface area (Å²) in [5.41, 5.74) is 5.16. The van der Waals surface area contributed by atoms with E-state index in [1.54, 1.807) is 25.7 Å². The lowest BCUT2D eigenvalue weighted by Crippen LogP contribution is -2.04. The van der Waals surface area contributed by atoms with Crippen molar-refractivity contribution in [2.75, 3.05) is 7.11 Å². The number of aromatic nitrogens is 5. The Morgan fingerprint density at radius 2 is 1.88 bits per heavy atom. The summed E-state index contributed by atoms with van der Waals surface area (Å²) >= 11 is 0. The summed E-state index contributed by atoms with van der Waals surface area (Å²) in [5.74, 6) is 0.641. The molecule has 0 radical (unpaired) electrons. The lowest BCUT2D eigenvalue weighted by molar-refractivity contribution is 0.0989. The van der Waals surface area contributed by atoms with Crippen molar-refractivity contribution in [1.82, 2.24) is 25.0 Å². The Morgan fingerprint density at radius 3 is 2.72 bits per heavy atom. The summed E-state index contributed by atoms with van der Waals surface area (Å²) in [6.07, 6.45) is 7.34. The molecule has 2 aromatic carbocycles. The average molecular weight is 423 g/mol. The normalized spacial score (nSPS) is 11.0. The van der Waals surface area contributed by atoms with Crippen molar-refractivity contribution in [3.8, 4) is 16.9 Å². The van der Waals surface area contributed by atoms with E-state index in [1.165, 1.54) is 0 Å². The Morgan fingerprint density at radius 1 is 1.00 bits per heavy atom. The second kappa shape index (κ2) is 8.47. The number of hydrogen-bond donors (Lipinski definition) is 1. The van der Waals surface area contributed by atoms with E-state index in [-0.39, 0.29) is 12.2 Å². The Bertz CT molecular complexity index is 1390. The topological polar surface area (TPSA) is 85.7 Å². The van der Waals surface area contributed by atoms with E-state index in [2.05, 4.69) is 32.4 Å². The number of fused-ring (bicyclic) bond motifs is 1. The minimum Gasteiger partial charge on any atom is -0.495 e. The first-order chi connectivity index (χ1) is 15.7. The van der Waals surface area contributed by atoms with Gasteiger partial charge >= 0.3 is 0 Å². The molecule has 0 aliphatic rings. The number of nitrogens with one attached hydrogen (secondary N) is 1. The Labute approximate surface area is 184 Å². The number of carbonyl (C=O) groups is 1. The number of aromatic amines is 1. The Kier molecular flexibility index (Phi) is 5.21. The van der Waals surface area contributed by atoms with Crippen molar-refractivity contribution in [2.45, 2.75) is 13.0 Å². The standard InChI is InChI=1S/C25H21N5O2/c1-32-21-10-20(13-26-14-21)19-7-8-22-23(11-19)28-29-25(22)24(31)9-18-12-27-30(16-18)15-17-5-3-2-4-6-17/h2-8,10-14,16H,9,15H2,1H3,(H,28,29). The van der Waals surface area contributed by atoms with Crippen LogP contribution in [0.4, 0.5) is 0 Å². The van der Waals surface area contributed by atoms with Crippen molar-refractivity contribution in [2.24, 2.45) is 0 Å². The zero-order valence-electron chi connectivity index (χ0n) is 17.5. The molecule has 7 heteroatoms. The minimum absolute atomic E-state index is 0.0497. The first-order valence-corrected chi connectivity index (χ1v) is 10.3. The van der Waals surface area contributed by atoms with Gasteiger partial charge < -0.3 is 4.74 Å². The van der Waals surface area contributed by atoms with Crippen LogP contribution >= 0.6 is 0 Å². The van der Waals surface area contributed by atoms with E-state index in [9.17, 15) is 4.79 Å². The monoisotopic (exact) mass is 423 g/mol. The Hall–Kier alpha value is -4.26. The molecule has 5 rings (SSSR count). The number of benzene rings is 2. The fourth-order valence-corrected chi connectivity index (χ4v) is 3.72. The third-order valence-corrected chi connectivity index (χ3v) is 5.35. The molecule has 5 aromatic rings. The highest BCUT2D eigenvalue weighted by Crippen LogP contribution is 2.27. The van der Waals surface area contributed by atoms with Crippen molar-refractivity contribution < 1.29 is 9.53 Å². The summed E-state index contributed by atoms with van der Waals surface area (Å²) in [7, 11) is 1.61. The quantitative estimate of drug-likeness (QED) is 0.395. The second-order valence-electron chi connectivity index (χ2n) is 7.58. The first kappa shape index (κ1) is 19.7. The summed E-state index contributed by atoms with van der Waals surface area (Å²) in [6, 6.07) is 17.9. The molecule has 0 atom stereocenters. The maximum atomic E-state index is 12.9. The smallest absolute Gasteiger partial charge is 0.188 e. The largest absolute Gasteiger partial charge is 0.495 e. The van der Waals surface area contributed by atoms with Crippen LogP contribution in [0.5, 0.6) is 5.75 Å². The predicted molar refractivity (Wildman–Crippen MR) is 122 cm³/mol. The third-order valence-electron chi connectivity index (χ3n) is 5.35. The second-order valence-corrected chi connectivity index (χ2v) is 7.58. The molecule has 0 unspecified atom stereocenters. The van der Waals surface area contributed by atoms with Crippen LogP contribution in [0, 0.1) is 0 Å². The summed E-state index contributed by atoms with van der Waals surface area (Å²) in [6.45, 7) is 0.669. The number of rotatable bonds is 7. The molecular formula is C25H21N5O2. The molecule has 158 valence electrons. The van der Waals surface area contributed by atoms with Gasteiger partial charge in [0.05, 0.1) is 31.6 Å². The maximum Gasteiger partial charge on any atom is 0.188 e. The molecule has 7 nitrogen and oxygen atoms in total. The highest BCUT2D eigenvalue weighted by molar-refractivity contribution is 6.07. The molecular weight excluding hydrogens is 402 g/mol. The van der Waals surface area contributed by atoms with E-state index in [0.29, 0.717) is 18.0 Å². The van der Waals surface area contributed by atoms with Gasteiger partial charge in [-0.25, -0.2) is 0 Å². The Balaban J connectivity index is 1.34. The third kappa shape index (κ3) is 4.00. The number of ether oxygens (including phenoxy) is 1. The van der Waals surface area contributed by atoms with Crippen molar-refractivity contribution >= 4 is 16.7 Å². The van der Waals surface area contributed by atoms with Crippen LogP contribution < -0.4 is 4.74 Å². The van der Waals surface area contributed by atoms with Crippen LogP contribution in [-0.2, 0) is 13.0 Å². The van der Waals surface area contributed by atoms with Crippen LogP contribution in [0.2, 0.25) is 0 Å². The molecule has 0 aliphatic carbocycles. The molecule has 32 heavy (non-hydrogen) atoms. The van der Waals surface area contributed by atoms with E-state index in [1.807, 2.05) is 53.3 Å². The minimum atomic E-state index is -0.0497. The van der Waals surface area contributed by atoms with Gasteiger partial charge in [-0.2, -0.15) is 10.2 Å². The molecule has 0 spiro atoms. The van der Waals surface area contributed by atoms with E-state index < -0.39 is 0 Å². The maximum absolute atomic E-state index is 12.9. The molecule has 3 heterocycles. The summed E-state index contributed by atoms with van der Waals surface area (Å²) in [4.78, 5) is 17.2. The number of ketones is 1. The fourth-order valence-electron chi connectivity index (χ4n) is 3.72. The molecule has 0 saturated carbocycles. The zero-order chi connectivity index (χ0) is 21.9. The van der Waals surface area contributed by atoms with Crippen LogP contribution in [0.3, 0.4) is 0 Å². The number of carbonyl (C=O) groups excluding carboxylic acids is 1. The predicted octanol–water partition coefficient (Wildman–Crippen LogP) is 4.30. The van der Waals surface area contributed by atoms with Crippen molar-refractivity contribution in [3.63, 3.8) is 0 Å². The van der Waals surface area contributed by atoms with Gasteiger partial charge in [-0.1, -0.05) is 36.4 Å². The van der Waals surface area contributed by atoms with Crippen LogP contribution in [0.25, 0.3) is 22.0 Å². The lowest BCUT2D eigenvalue weighted by atomic mass is 10.0. The lowest BCUT2D eigenvalue weighted by Gasteiger charge is -2.04. The van der Waals surface area contributed by atoms with Gasteiger partial charge in [-0.3, -0.25) is 19.6 Å². The number of H-pyrrole nitrogens is 1. The van der Waals surface area contributed by atoms with Gasteiger partial charge in [0.1, 0.15) is 11.4 Å². The van der Waals surface area contributed by atoms with Crippen molar-refractivity contribution in [3.05, 3.63) is 96.2 Å². The highest BCUT2D eigenvalue weighted by atomic mass is 16.5. The SMILES string of the molecule is COc1cncc(-c2ccc3c(C(=O)Cc4cnn(Cc5ccccc5)c4)n[nH]c3c2)c1. The summed E-state index contributed by atoms with van der Waals surface area (Å²) in [5, 5.41) is 12.5. The zero-order valence-corrected chi connectivity index (χ0v) is 17.5. The number of nitrogens with zero attached hydrogens (tertiary/aromatic N) is 4. The van der Waals surface area contributed by atoms with Gasteiger partial charge in [0.15, 0.2) is 5.78 Å². The molecule has 0 fully saturated rings. The van der Waals surface area contributed by atoms with E-state index in [0.717, 1.165) is 33.2 Å². The molecule has 0 amide bonds. The van der Waals surface area contributed by atoms with Crippen molar-refractivity contribution in [1.29, 1.82) is 0 Å². The van der Waals surface area contributed by atoms with Gasteiger partial charge in [0.2, 0.25) is 0 Å². The van der Waals surface area contributed by atoms with Crippen LogP contribution in [-0.4, -0.2) is 37.9 Å². The molecule has 1 N–H and O–H groups in total. The summed E-state index contributed by atoms with van der Waals surface area (Å²) < 4.78 is 7.10. The number of Topliss-reactive ketones (excluding diaryl/α,β-unsaturated/α-hetero) is 1. The molecule has 0 bridgehead atoms. The van der Waals surface area contributed by atoms with E-state index >= 15 is 0 Å². The molecule has 3 aromatic heterocycles. The van der Waals surface area contributed by atoms with Gasteiger partial charge in [-0.15, -0.1) is 0 Å². The number of hydrogen-bond acceptors (Lipinski definition) is 5. The van der Waals surface area contributed by atoms with Gasteiger partial charge in [0, 0.05) is 29.8 Å². The van der Waals surface area contributed by atoms with Crippen LogP contribution in [0.15, 0.2) is 79.4 Å². The van der Waals surface area contributed by atoms with Gasteiger partial charge in [-0.05, 0) is 34.9 Å². The first-order valence-electron chi connectivity index (χ1n) is 10.3. The molecule has 0 aliphatic heterocycles. The number of methoxy groups -OCH3 is 1. The average Bonchev–Trinajstić information content (AvgIpc) is 3.46. The molecule has 0 saturated heterocycles. The van der Waals surface area contributed by atoms with E-state index in [4.69, 9.17) is 4.74 Å². The fraction of sp³-hybridized carbons (Fsp3) is 0.120. The van der Waals surface area contributed by atoms with Gasteiger partial charge in [0.25, 0.3) is 0 Å². The number of pyridine rings is 1.